The maximum atomic E-state index is 13.4. The molecule has 0 spiro atoms. The molecule has 31 heavy (non-hydrogen) atoms. The quantitative estimate of drug-likeness (QED) is 0.344. The van der Waals surface area contributed by atoms with E-state index in [-0.39, 0.29) is 22.3 Å². The Morgan fingerprint density at radius 2 is 2.00 bits per heavy atom. The molecule has 6 nitrogen and oxygen atoms in total. The largest absolute Gasteiger partial charge is 0.390 e. The maximum Gasteiger partial charge on any atom is 0.255 e. The second-order valence-corrected chi connectivity index (χ2v) is 10.1. The van der Waals surface area contributed by atoms with Crippen LogP contribution in [0.4, 0.5) is 10.1 Å². The van der Waals surface area contributed by atoms with Crippen molar-refractivity contribution in [1.82, 2.24) is 4.72 Å². The number of amides is 1. The fourth-order valence-corrected chi connectivity index (χ4v) is 3.91. The van der Waals surface area contributed by atoms with Crippen molar-refractivity contribution in [3.63, 3.8) is 0 Å². The van der Waals surface area contributed by atoms with Gasteiger partial charge in [-0.15, -0.1) is 0 Å². The highest BCUT2D eigenvalue weighted by Gasteiger charge is 2.20. The third-order valence-electron chi connectivity index (χ3n) is 4.54. The van der Waals surface area contributed by atoms with E-state index >= 15 is 0 Å². The van der Waals surface area contributed by atoms with Crippen LogP contribution in [0.5, 0.6) is 0 Å². The number of carbonyl (C=O) groups is 1. The molecule has 0 saturated heterocycles. The van der Waals surface area contributed by atoms with Crippen LogP contribution in [0.25, 0.3) is 0 Å². The summed E-state index contributed by atoms with van der Waals surface area (Å²) in [5.41, 5.74) is 0.0693. The average molecular weight is 453 g/mol. The first-order valence-electron chi connectivity index (χ1n) is 10.1. The summed E-state index contributed by atoms with van der Waals surface area (Å²) in [4.78, 5) is 12.6. The van der Waals surface area contributed by atoms with Crippen molar-refractivity contribution in [1.29, 1.82) is 0 Å². The van der Waals surface area contributed by atoms with Gasteiger partial charge in [0.25, 0.3) is 5.91 Å². The third kappa shape index (κ3) is 9.59. The summed E-state index contributed by atoms with van der Waals surface area (Å²) in [5, 5.41) is 12.4. The summed E-state index contributed by atoms with van der Waals surface area (Å²) >= 11 is 0. The Bertz CT molecular complexity index is 960. The molecule has 0 aliphatic rings. The minimum absolute atomic E-state index is 0.0274. The second-order valence-electron chi connectivity index (χ2n) is 8.26. The van der Waals surface area contributed by atoms with Crippen LogP contribution in [-0.2, 0) is 14.8 Å². The number of carbonyl (C=O) groups excluding carboxylic acids is 1. The van der Waals surface area contributed by atoms with E-state index in [4.69, 9.17) is 0 Å². The van der Waals surface area contributed by atoms with Crippen molar-refractivity contribution >= 4 is 21.6 Å². The van der Waals surface area contributed by atoms with Crippen LogP contribution in [0.15, 0.2) is 53.5 Å². The highest BCUT2D eigenvalue weighted by Crippen LogP contribution is 2.17. The Hall–Kier alpha value is -2.29. The van der Waals surface area contributed by atoms with Crippen LogP contribution in [0.1, 0.15) is 52.5 Å². The molecule has 0 bridgehead atoms. The topological polar surface area (TPSA) is 95.5 Å². The molecule has 0 radical (unpaired) electrons. The summed E-state index contributed by atoms with van der Waals surface area (Å²) in [6.45, 7) is 11.7. The number of anilines is 1. The molecule has 1 atom stereocenters. The molecule has 8 heteroatoms. The molecule has 1 rings (SSSR count). The lowest BCUT2D eigenvalue weighted by Gasteiger charge is -2.19. The molecule has 0 aromatic heterocycles. The number of rotatable bonds is 11. The number of benzene rings is 1. The van der Waals surface area contributed by atoms with Crippen LogP contribution in [0.3, 0.4) is 0 Å². The average Bonchev–Trinajstić information content (AvgIpc) is 2.62. The Balaban J connectivity index is 2.91. The van der Waals surface area contributed by atoms with Gasteiger partial charge in [-0.05, 0) is 83.7 Å². The molecule has 0 aliphatic heterocycles. The molecule has 0 fully saturated rings. The van der Waals surface area contributed by atoms with Gasteiger partial charge in [-0.3, -0.25) is 4.79 Å². The second kappa shape index (κ2) is 11.4. The van der Waals surface area contributed by atoms with Crippen LogP contribution in [0.2, 0.25) is 0 Å². The Morgan fingerprint density at radius 3 is 2.55 bits per heavy atom. The number of aryl methyl sites for hydroxylation is 1. The highest BCUT2D eigenvalue weighted by atomic mass is 32.2. The maximum absolute atomic E-state index is 13.4. The highest BCUT2D eigenvalue weighted by molar-refractivity contribution is 7.93. The van der Waals surface area contributed by atoms with Crippen molar-refractivity contribution in [2.24, 2.45) is 0 Å². The van der Waals surface area contributed by atoms with Crippen molar-refractivity contribution in [3.8, 4) is 0 Å². The monoisotopic (exact) mass is 452 g/mol. The third-order valence-corrected chi connectivity index (χ3v) is 6.22. The fourth-order valence-electron chi connectivity index (χ4n) is 2.80. The number of allylic oxidation sites excluding steroid dienone is 3. The van der Waals surface area contributed by atoms with Crippen molar-refractivity contribution in [2.45, 2.75) is 65.5 Å². The lowest BCUT2D eigenvalue weighted by Crippen LogP contribution is -2.33. The zero-order valence-corrected chi connectivity index (χ0v) is 19.6. The lowest BCUT2D eigenvalue weighted by atomic mass is 10.00. The van der Waals surface area contributed by atoms with Gasteiger partial charge in [0.1, 0.15) is 5.82 Å². The van der Waals surface area contributed by atoms with E-state index in [1.807, 2.05) is 0 Å². The smallest absolute Gasteiger partial charge is 0.255 e. The van der Waals surface area contributed by atoms with Gasteiger partial charge < -0.3 is 10.4 Å². The van der Waals surface area contributed by atoms with Crippen LogP contribution in [0, 0.1) is 12.7 Å². The zero-order valence-electron chi connectivity index (χ0n) is 18.8. The summed E-state index contributed by atoms with van der Waals surface area (Å²) in [7, 11) is -3.81. The lowest BCUT2D eigenvalue weighted by molar-refractivity contribution is -0.112. The summed E-state index contributed by atoms with van der Waals surface area (Å²) in [6.07, 6.45) is 5.83. The summed E-state index contributed by atoms with van der Waals surface area (Å²) < 4.78 is 41.3. The first-order chi connectivity index (χ1) is 14.2. The van der Waals surface area contributed by atoms with E-state index in [1.54, 1.807) is 27.7 Å². The van der Waals surface area contributed by atoms with Gasteiger partial charge in [-0.25, -0.2) is 17.5 Å². The minimum atomic E-state index is -3.81. The van der Waals surface area contributed by atoms with E-state index in [1.165, 1.54) is 43.4 Å². The van der Waals surface area contributed by atoms with E-state index in [9.17, 15) is 22.7 Å². The zero-order chi connectivity index (χ0) is 23.8. The van der Waals surface area contributed by atoms with E-state index < -0.39 is 21.5 Å². The molecule has 1 unspecified atom stereocenters. The van der Waals surface area contributed by atoms with Gasteiger partial charge in [0.2, 0.25) is 10.0 Å². The molecular weight excluding hydrogens is 419 g/mol. The normalized spacial score (nSPS) is 14.3. The number of hydrogen-bond acceptors (Lipinski definition) is 4. The Morgan fingerprint density at radius 1 is 1.35 bits per heavy atom. The predicted molar refractivity (Wildman–Crippen MR) is 123 cm³/mol. The number of sulfonamides is 1. The molecular formula is C23H33FN2O4S. The predicted octanol–water partition coefficient (Wildman–Crippen LogP) is 4.34. The van der Waals surface area contributed by atoms with Crippen molar-refractivity contribution in [2.75, 3.05) is 5.32 Å². The molecule has 1 amide bonds. The molecule has 0 saturated carbocycles. The minimum Gasteiger partial charge on any atom is -0.390 e. The van der Waals surface area contributed by atoms with Crippen molar-refractivity contribution in [3.05, 3.63) is 64.9 Å². The van der Waals surface area contributed by atoms with Gasteiger partial charge in [0.05, 0.1) is 10.5 Å². The Labute approximate surface area is 185 Å². The SMILES string of the molecule is C=C/C=C(\C=C(/C)S(=O)(=O)NC(C)CCCC(C)(C)O)C(=O)Nc1ccc(F)c(C)c1. The Kier molecular flexibility index (Phi) is 9.80. The number of nitrogens with one attached hydrogen (secondary N) is 2. The molecule has 1 aromatic rings. The molecule has 172 valence electrons. The number of halogens is 1. The van der Waals surface area contributed by atoms with Crippen LogP contribution < -0.4 is 10.0 Å². The van der Waals surface area contributed by atoms with Crippen molar-refractivity contribution < 1.29 is 22.7 Å². The van der Waals surface area contributed by atoms with Gasteiger partial charge in [0.15, 0.2) is 0 Å². The van der Waals surface area contributed by atoms with E-state index in [0.29, 0.717) is 30.5 Å². The van der Waals surface area contributed by atoms with E-state index in [2.05, 4.69) is 16.6 Å². The first kappa shape index (κ1) is 26.7. The van der Waals surface area contributed by atoms with Gasteiger partial charge in [-0.2, -0.15) is 0 Å². The van der Waals surface area contributed by atoms with Gasteiger partial charge >= 0.3 is 0 Å². The number of aliphatic hydroxyl groups is 1. The molecule has 1 aromatic carbocycles. The number of hydrogen-bond donors (Lipinski definition) is 3. The van der Waals surface area contributed by atoms with Gasteiger partial charge in [0, 0.05) is 17.3 Å². The fraction of sp³-hybridized carbons (Fsp3) is 0.435. The van der Waals surface area contributed by atoms with E-state index in [0.717, 1.165) is 0 Å². The van der Waals surface area contributed by atoms with Gasteiger partial charge in [-0.1, -0.05) is 18.7 Å². The molecule has 0 heterocycles. The summed E-state index contributed by atoms with van der Waals surface area (Å²) in [6, 6.07) is 3.83. The first-order valence-corrected chi connectivity index (χ1v) is 11.6. The molecule has 0 aliphatic carbocycles. The van der Waals surface area contributed by atoms with Crippen LogP contribution >= 0.6 is 0 Å². The standard InChI is InChI=1S/C23H33FN2O4S/c1-7-9-19(22(27)25-20-11-12-21(24)16(2)14-20)15-18(4)31(29,30)26-17(3)10-8-13-23(5,6)28/h7,9,11-12,14-15,17,26,28H,1,8,10,13H2,2-6H3,(H,25,27)/b18-15+,19-9+. The van der Waals surface area contributed by atoms with Crippen LogP contribution in [-0.4, -0.2) is 31.1 Å². The summed E-state index contributed by atoms with van der Waals surface area (Å²) in [5.74, 6) is -0.928. The molecule has 3 N–H and O–H groups in total.